The highest BCUT2D eigenvalue weighted by atomic mass is 16.3. The van der Waals surface area contributed by atoms with Crippen molar-refractivity contribution in [1.29, 1.82) is 0 Å². The van der Waals surface area contributed by atoms with Gasteiger partial charge in [0, 0.05) is 19.5 Å². The van der Waals surface area contributed by atoms with Crippen molar-refractivity contribution in [3.63, 3.8) is 0 Å². The van der Waals surface area contributed by atoms with Crippen molar-refractivity contribution in [2.75, 3.05) is 19.7 Å². The summed E-state index contributed by atoms with van der Waals surface area (Å²) in [5.74, 6) is 0.126. The summed E-state index contributed by atoms with van der Waals surface area (Å²) in [4.78, 5) is 12.8. The topological polar surface area (TPSA) is 40.5 Å². The minimum Gasteiger partial charge on any atom is -0.395 e. The van der Waals surface area contributed by atoms with Crippen molar-refractivity contribution in [2.45, 2.75) is 26.7 Å². The fourth-order valence-corrected chi connectivity index (χ4v) is 0.975. The molecular weight excluding hydrogens is 142 g/mol. The molecule has 0 saturated heterocycles. The summed E-state index contributed by atoms with van der Waals surface area (Å²) in [7, 11) is 0. The number of amides is 1. The molecular formula is C8H17NO2. The molecule has 0 bridgehead atoms. The summed E-state index contributed by atoms with van der Waals surface area (Å²) >= 11 is 0. The third kappa shape index (κ3) is 3.98. The predicted molar refractivity (Wildman–Crippen MR) is 44.2 cm³/mol. The van der Waals surface area contributed by atoms with Gasteiger partial charge in [-0.3, -0.25) is 4.79 Å². The molecule has 0 fully saturated rings. The average molecular weight is 159 g/mol. The van der Waals surface area contributed by atoms with E-state index in [4.69, 9.17) is 5.11 Å². The average Bonchev–Trinajstić information content (AvgIpc) is 2.03. The van der Waals surface area contributed by atoms with Crippen LogP contribution in [0.4, 0.5) is 0 Å². The maximum atomic E-state index is 11.1. The number of carbonyl (C=O) groups is 1. The van der Waals surface area contributed by atoms with Gasteiger partial charge in [-0.1, -0.05) is 13.8 Å². The van der Waals surface area contributed by atoms with E-state index in [2.05, 4.69) is 0 Å². The van der Waals surface area contributed by atoms with Crippen LogP contribution in [0.5, 0.6) is 0 Å². The SMILES string of the molecule is CCCN(CCO)C(=O)CC. The minimum atomic E-state index is 0.0613. The molecule has 0 aliphatic carbocycles. The number of hydrogen-bond donors (Lipinski definition) is 1. The van der Waals surface area contributed by atoms with Gasteiger partial charge in [0.25, 0.3) is 0 Å². The molecule has 0 aromatic carbocycles. The van der Waals surface area contributed by atoms with E-state index in [1.807, 2.05) is 13.8 Å². The van der Waals surface area contributed by atoms with Gasteiger partial charge >= 0.3 is 0 Å². The first-order valence-electron chi connectivity index (χ1n) is 4.14. The Morgan fingerprint density at radius 3 is 2.36 bits per heavy atom. The second-order valence-electron chi connectivity index (χ2n) is 2.46. The van der Waals surface area contributed by atoms with Crippen LogP contribution in [0.3, 0.4) is 0 Å². The predicted octanol–water partition coefficient (Wildman–Crippen LogP) is 0.627. The first kappa shape index (κ1) is 10.4. The fraction of sp³-hybridized carbons (Fsp3) is 0.875. The Kier molecular flexibility index (Phi) is 5.84. The number of rotatable bonds is 5. The molecule has 11 heavy (non-hydrogen) atoms. The lowest BCUT2D eigenvalue weighted by molar-refractivity contribution is -0.131. The molecule has 3 heteroatoms. The second kappa shape index (κ2) is 6.16. The van der Waals surface area contributed by atoms with Crippen LogP contribution >= 0.6 is 0 Å². The molecule has 3 nitrogen and oxygen atoms in total. The van der Waals surface area contributed by atoms with Gasteiger partial charge in [0.15, 0.2) is 0 Å². The van der Waals surface area contributed by atoms with Crippen LogP contribution in [0.15, 0.2) is 0 Å². The Labute approximate surface area is 68.0 Å². The number of nitrogens with zero attached hydrogens (tertiary/aromatic N) is 1. The van der Waals surface area contributed by atoms with Gasteiger partial charge < -0.3 is 10.0 Å². The molecule has 0 aromatic heterocycles. The van der Waals surface area contributed by atoms with Gasteiger partial charge in [-0.25, -0.2) is 0 Å². The van der Waals surface area contributed by atoms with E-state index in [9.17, 15) is 4.79 Å². The van der Waals surface area contributed by atoms with Crippen molar-refractivity contribution in [1.82, 2.24) is 4.90 Å². The molecule has 0 unspecified atom stereocenters. The summed E-state index contributed by atoms with van der Waals surface area (Å²) in [6.07, 6.45) is 1.48. The Hall–Kier alpha value is -0.570. The third-order valence-corrected chi connectivity index (χ3v) is 1.52. The quantitative estimate of drug-likeness (QED) is 0.639. The van der Waals surface area contributed by atoms with Gasteiger partial charge in [0.2, 0.25) is 5.91 Å². The molecule has 0 rings (SSSR count). The lowest BCUT2D eigenvalue weighted by Crippen LogP contribution is -2.33. The van der Waals surface area contributed by atoms with Gasteiger partial charge in [0.05, 0.1) is 6.61 Å². The molecule has 0 aromatic rings. The number of aliphatic hydroxyl groups excluding tert-OH is 1. The minimum absolute atomic E-state index is 0.0613. The molecule has 0 aliphatic rings. The first-order valence-corrected chi connectivity index (χ1v) is 4.14. The van der Waals surface area contributed by atoms with Crippen molar-refractivity contribution in [3.05, 3.63) is 0 Å². The monoisotopic (exact) mass is 159 g/mol. The van der Waals surface area contributed by atoms with Crippen molar-refractivity contribution >= 4 is 5.91 Å². The molecule has 0 saturated carbocycles. The lowest BCUT2D eigenvalue weighted by atomic mass is 10.3. The van der Waals surface area contributed by atoms with Crippen LogP contribution in [-0.4, -0.2) is 35.6 Å². The fourth-order valence-electron chi connectivity index (χ4n) is 0.975. The van der Waals surface area contributed by atoms with Crippen LogP contribution in [0.2, 0.25) is 0 Å². The molecule has 1 amide bonds. The Bertz CT molecular complexity index is 109. The molecule has 0 spiro atoms. The molecule has 0 radical (unpaired) electrons. The zero-order valence-corrected chi connectivity index (χ0v) is 7.34. The van der Waals surface area contributed by atoms with Crippen LogP contribution in [0.25, 0.3) is 0 Å². The standard InChI is InChI=1S/C8H17NO2/c1-3-5-9(6-7-10)8(11)4-2/h10H,3-7H2,1-2H3. The van der Waals surface area contributed by atoms with Gasteiger partial charge in [-0.2, -0.15) is 0 Å². The van der Waals surface area contributed by atoms with E-state index in [-0.39, 0.29) is 12.5 Å². The van der Waals surface area contributed by atoms with E-state index in [0.717, 1.165) is 13.0 Å². The Balaban J connectivity index is 3.76. The maximum absolute atomic E-state index is 11.1. The van der Waals surface area contributed by atoms with E-state index < -0.39 is 0 Å². The summed E-state index contributed by atoms with van der Waals surface area (Å²) in [5, 5.41) is 8.61. The number of hydrogen-bond acceptors (Lipinski definition) is 2. The zero-order chi connectivity index (χ0) is 8.69. The highest BCUT2D eigenvalue weighted by Gasteiger charge is 2.07. The summed E-state index contributed by atoms with van der Waals surface area (Å²) in [5.41, 5.74) is 0. The van der Waals surface area contributed by atoms with E-state index in [0.29, 0.717) is 13.0 Å². The molecule has 1 N–H and O–H groups in total. The van der Waals surface area contributed by atoms with Crippen LogP contribution in [0.1, 0.15) is 26.7 Å². The normalized spacial score (nSPS) is 9.73. The Morgan fingerprint density at radius 2 is 2.00 bits per heavy atom. The largest absolute Gasteiger partial charge is 0.395 e. The summed E-state index contributed by atoms with van der Waals surface area (Å²) in [6.45, 7) is 5.15. The summed E-state index contributed by atoms with van der Waals surface area (Å²) < 4.78 is 0. The number of aliphatic hydroxyl groups is 1. The van der Waals surface area contributed by atoms with E-state index in [1.54, 1.807) is 4.90 Å². The zero-order valence-electron chi connectivity index (χ0n) is 7.34. The van der Waals surface area contributed by atoms with E-state index in [1.165, 1.54) is 0 Å². The summed E-state index contributed by atoms with van der Waals surface area (Å²) in [6, 6.07) is 0. The molecule has 0 heterocycles. The highest BCUT2D eigenvalue weighted by Crippen LogP contribution is 1.94. The third-order valence-electron chi connectivity index (χ3n) is 1.52. The van der Waals surface area contributed by atoms with Crippen molar-refractivity contribution in [2.24, 2.45) is 0 Å². The van der Waals surface area contributed by atoms with Crippen molar-refractivity contribution < 1.29 is 9.90 Å². The van der Waals surface area contributed by atoms with Gasteiger partial charge in [-0.15, -0.1) is 0 Å². The van der Waals surface area contributed by atoms with Gasteiger partial charge in [0.1, 0.15) is 0 Å². The van der Waals surface area contributed by atoms with Crippen LogP contribution in [0, 0.1) is 0 Å². The molecule has 0 aliphatic heterocycles. The Morgan fingerprint density at radius 1 is 1.36 bits per heavy atom. The number of carbonyl (C=O) groups excluding carboxylic acids is 1. The van der Waals surface area contributed by atoms with Crippen molar-refractivity contribution in [3.8, 4) is 0 Å². The van der Waals surface area contributed by atoms with Crippen LogP contribution < -0.4 is 0 Å². The van der Waals surface area contributed by atoms with Crippen LogP contribution in [-0.2, 0) is 4.79 Å². The molecule has 0 atom stereocenters. The highest BCUT2D eigenvalue weighted by molar-refractivity contribution is 5.75. The van der Waals surface area contributed by atoms with E-state index >= 15 is 0 Å². The second-order valence-corrected chi connectivity index (χ2v) is 2.46. The first-order chi connectivity index (χ1) is 5.26. The lowest BCUT2D eigenvalue weighted by Gasteiger charge is -2.19. The molecule has 66 valence electrons. The smallest absolute Gasteiger partial charge is 0.222 e. The van der Waals surface area contributed by atoms with Gasteiger partial charge in [-0.05, 0) is 6.42 Å². The maximum Gasteiger partial charge on any atom is 0.222 e.